The summed E-state index contributed by atoms with van der Waals surface area (Å²) in [7, 11) is 0. The van der Waals surface area contributed by atoms with Crippen molar-refractivity contribution in [3.63, 3.8) is 0 Å². The minimum Gasteiger partial charge on any atom is -0.345 e. The van der Waals surface area contributed by atoms with Gasteiger partial charge >= 0.3 is 0 Å². The van der Waals surface area contributed by atoms with Gasteiger partial charge in [0.25, 0.3) is 5.91 Å². The Bertz CT molecular complexity index is 416. The molecular weight excluding hydrogens is 268 g/mol. The van der Waals surface area contributed by atoms with Crippen LogP contribution in [0.15, 0.2) is 29.2 Å². The zero-order chi connectivity index (χ0) is 15.2. The number of hydrogen-bond acceptors (Lipinski definition) is 3. The first kappa shape index (κ1) is 17.1. The summed E-state index contributed by atoms with van der Waals surface area (Å²) in [5.41, 5.74) is 6.22. The number of rotatable bonds is 7. The standard InChI is InChI=1S/C16H26N2OS/c1-5-16(6-2,11-17)18-15(19)13-7-9-14(10-8-13)20-12(3)4/h7-10,12H,5-6,11,17H2,1-4H3,(H,18,19). The van der Waals surface area contributed by atoms with Crippen LogP contribution >= 0.6 is 11.8 Å². The van der Waals surface area contributed by atoms with Crippen molar-refractivity contribution < 1.29 is 4.79 Å². The van der Waals surface area contributed by atoms with E-state index < -0.39 is 0 Å². The van der Waals surface area contributed by atoms with Gasteiger partial charge in [-0.2, -0.15) is 0 Å². The molecule has 0 radical (unpaired) electrons. The van der Waals surface area contributed by atoms with Crippen LogP contribution in [0.4, 0.5) is 0 Å². The van der Waals surface area contributed by atoms with Crippen molar-refractivity contribution in [1.82, 2.24) is 5.32 Å². The van der Waals surface area contributed by atoms with Crippen LogP contribution < -0.4 is 11.1 Å². The smallest absolute Gasteiger partial charge is 0.251 e. The molecular formula is C16H26N2OS. The molecule has 0 aliphatic heterocycles. The van der Waals surface area contributed by atoms with Gasteiger partial charge in [0, 0.05) is 22.3 Å². The molecule has 1 amide bonds. The highest BCUT2D eigenvalue weighted by molar-refractivity contribution is 7.99. The molecule has 0 bridgehead atoms. The van der Waals surface area contributed by atoms with Crippen LogP contribution in [-0.4, -0.2) is 23.2 Å². The molecule has 3 N–H and O–H groups in total. The van der Waals surface area contributed by atoms with E-state index in [1.807, 2.05) is 24.3 Å². The van der Waals surface area contributed by atoms with Gasteiger partial charge in [0.2, 0.25) is 0 Å². The topological polar surface area (TPSA) is 55.1 Å². The highest BCUT2D eigenvalue weighted by Crippen LogP contribution is 2.23. The number of carbonyl (C=O) groups is 1. The molecule has 0 aliphatic carbocycles. The van der Waals surface area contributed by atoms with Crippen LogP contribution in [0.1, 0.15) is 50.9 Å². The second-order valence-electron chi connectivity index (χ2n) is 5.34. The Labute approximate surface area is 126 Å². The van der Waals surface area contributed by atoms with Gasteiger partial charge in [-0.05, 0) is 37.1 Å². The zero-order valence-electron chi connectivity index (χ0n) is 12.9. The second-order valence-corrected chi connectivity index (χ2v) is 6.99. The molecule has 0 spiro atoms. The van der Waals surface area contributed by atoms with Gasteiger partial charge in [0.1, 0.15) is 0 Å². The number of nitrogens with one attached hydrogen (secondary N) is 1. The van der Waals surface area contributed by atoms with Crippen molar-refractivity contribution in [3.05, 3.63) is 29.8 Å². The maximum Gasteiger partial charge on any atom is 0.251 e. The highest BCUT2D eigenvalue weighted by atomic mass is 32.2. The van der Waals surface area contributed by atoms with Crippen molar-refractivity contribution in [2.75, 3.05) is 6.54 Å². The summed E-state index contributed by atoms with van der Waals surface area (Å²) in [5, 5.41) is 3.63. The van der Waals surface area contributed by atoms with E-state index in [0.717, 1.165) is 12.8 Å². The fourth-order valence-electron chi connectivity index (χ4n) is 2.04. The molecule has 0 aromatic heterocycles. The molecule has 1 aromatic carbocycles. The quantitative estimate of drug-likeness (QED) is 0.757. The Morgan fingerprint density at radius 3 is 2.20 bits per heavy atom. The van der Waals surface area contributed by atoms with Crippen molar-refractivity contribution in [3.8, 4) is 0 Å². The van der Waals surface area contributed by atoms with E-state index in [4.69, 9.17) is 5.73 Å². The Kier molecular flexibility index (Phi) is 6.56. The number of carbonyl (C=O) groups excluding carboxylic acids is 1. The average molecular weight is 294 g/mol. The van der Waals surface area contributed by atoms with Crippen LogP contribution in [0, 0.1) is 0 Å². The average Bonchev–Trinajstić information content (AvgIpc) is 2.45. The predicted octanol–water partition coefficient (Wildman–Crippen LogP) is 3.43. The fourth-order valence-corrected chi connectivity index (χ4v) is 2.87. The van der Waals surface area contributed by atoms with Crippen molar-refractivity contribution >= 4 is 17.7 Å². The third-order valence-electron chi connectivity index (χ3n) is 3.61. The summed E-state index contributed by atoms with van der Waals surface area (Å²) < 4.78 is 0. The molecule has 1 rings (SSSR count). The third-order valence-corrected chi connectivity index (χ3v) is 4.63. The van der Waals surface area contributed by atoms with Crippen LogP contribution in [0.3, 0.4) is 0 Å². The molecule has 0 saturated carbocycles. The molecule has 0 aliphatic rings. The molecule has 0 saturated heterocycles. The van der Waals surface area contributed by atoms with E-state index in [1.165, 1.54) is 4.90 Å². The predicted molar refractivity (Wildman–Crippen MR) is 87.3 cm³/mol. The Hall–Kier alpha value is -1.00. The molecule has 4 heteroatoms. The molecule has 0 fully saturated rings. The van der Waals surface area contributed by atoms with Crippen molar-refractivity contribution in [2.24, 2.45) is 5.73 Å². The summed E-state index contributed by atoms with van der Waals surface area (Å²) in [6.45, 7) is 8.89. The summed E-state index contributed by atoms with van der Waals surface area (Å²) in [4.78, 5) is 13.5. The number of hydrogen-bond donors (Lipinski definition) is 2. The van der Waals surface area contributed by atoms with E-state index in [-0.39, 0.29) is 11.4 Å². The molecule has 3 nitrogen and oxygen atoms in total. The molecule has 20 heavy (non-hydrogen) atoms. The van der Waals surface area contributed by atoms with Gasteiger partial charge in [-0.25, -0.2) is 0 Å². The maximum atomic E-state index is 12.3. The maximum absolute atomic E-state index is 12.3. The molecule has 0 unspecified atom stereocenters. The molecule has 112 valence electrons. The molecule has 1 aromatic rings. The summed E-state index contributed by atoms with van der Waals surface area (Å²) in [6, 6.07) is 7.77. The van der Waals surface area contributed by atoms with Gasteiger partial charge in [0.15, 0.2) is 0 Å². The monoisotopic (exact) mass is 294 g/mol. The highest BCUT2D eigenvalue weighted by Gasteiger charge is 2.26. The lowest BCUT2D eigenvalue weighted by Gasteiger charge is -2.31. The van der Waals surface area contributed by atoms with Crippen LogP contribution in [0.5, 0.6) is 0 Å². The number of amides is 1. The van der Waals surface area contributed by atoms with Crippen molar-refractivity contribution in [2.45, 2.75) is 56.2 Å². The summed E-state index contributed by atoms with van der Waals surface area (Å²) in [6.07, 6.45) is 1.68. The zero-order valence-corrected chi connectivity index (χ0v) is 13.7. The first-order chi connectivity index (χ1) is 9.46. The van der Waals surface area contributed by atoms with Gasteiger partial charge in [-0.15, -0.1) is 11.8 Å². The van der Waals surface area contributed by atoms with Gasteiger partial charge < -0.3 is 11.1 Å². The second kappa shape index (κ2) is 7.70. The minimum atomic E-state index is -0.289. The number of nitrogens with two attached hydrogens (primary N) is 1. The van der Waals surface area contributed by atoms with Crippen LogP contribution in [0.25, 0.3) is 0 Å². The number of benzene rings is 1. The van der Waals surface area contributed by atoms with E-state index in [2.05, 4.69) is 33.0 Å². The van der Waals surface area contributed by atoms with Crippen molar-refractivity contribution in [1.29, 1.82) is 0 Å². The van der Waals surface area contributed by atoms with Gasteiger partial charge in [-0.1, -0.05) is 27.7 Å². The third kappa shape index (κ3) is 4.53. The first-order valence-corrected chi connectivity index (χ1v) is 8.13. The van der Waals surface area contributed by atoms with Gasteiger partial charge in [-0.3, -0.25) is 4.79 Å². The van der Waals surface area contributed by atoms with E-state index in [9.17, 15) is 4.79 Å². The Morgan fingerprint density at radius 2 is 1.80 bits per heavy atom. The normalized spacial score (nSPS) is 11.7. The Balaban J connectivity index is 2.77. The largest absolute Gasteiger partial charge is 0.345 e. The lowest BCUT2D eigenvalue weighted by Crippen LogP contribution is -2.52. The first-order valence-electron chi connectivity index (χ1n) is 7.25. The van der Waals surface area contributed by atoms with E-state index in [0.29, 0.717) is 17.4 Å². The lowest BCUT2D eigenvalue weighted by molar-refractivity contribution is 0.0895. The summed E-state index contributed by atoms with van der Waals surface area (Å²) >= 11 is 1.79. The lowest BCUT2D eigenvalue weighted by atomic mass is 9.92. The van der Waals surface area contributed by atoms with E-state index in [1.54, 1.807) is 11.8 Å². The summed E-state index contributed by atoms with van der Waals surface area (Å²) in [5.74, 6) is -0.0414. The Morgan fingerprint density at radius 1 is 1.25 bits per heavy atom. The minimum absolute atomic E-state index is 0.0414. The van der Waals surface area contributed by atoms with Crippen LogP contribution in [0.2, 0.25) is 0 Å². The van der Waals surface area contributed by atoms with E-state index >= 15 is 0 Å². The number of thioether (sulfide) groups is 1. The molecule has 0 heterocycles. The van der Waals surface area contributed by atoms with Gasteiger partial charge in [0.05, 0.1) is 5.54 Å². The SMILES string of the molecule is CCC(CC)(CN)NC(=O)c1ccc(SC(C)C)cc1. The molecule has 0 atom stereocenters. The van der Waals surface area contributed by atoms with Crippen LogP contribution in [-0.2, 0) is 0 Å². The fraction of sp³-hybridized carbons (Fsp3) is 0.562.